The van der Waals surface area contributed by atoms with Gasteiger partial charge >= 0.3 is 0 Å². The lowest BCUT2D eigenvalue weighted by Crippen LogP contribution is -2.59. The molecule has 1 aliphatic rings. The summed E-state index contributed by atoms with van der Waals surface area (Å²) < 4.78 is 10.2. The Morgan fingerprint density at radius 2 is 2.30 bits per heavy atom. The van der Waals surface area contributed by atoms with E-state index in [1.807, 2.05) is 6.92 Å². The minimum absolute atomic E-state index is 0.182. The number of amides is 2. The highest BCUT2D eigenvalue weighted by molar-refractivity contribution is 5.90. The molecule has 20 heavy (non-hydrogen) atoms. The maximum absolute atomic E-state index is 12.3. The molecule has 2 atom stereocenters. The maximum atomic E-state index is 12.3. The van der Waals surface area contributed by atoms with Crippen molar-refractivity contribution in [3.63, 3.8) is 0 Å². The Balaban J connectivity index is 2.62. The summed E-state index contributed by atoms with van der Waals surface area (Å²) in [4.78, 5) is 25.9. The van der Waals surface area contributed by atoms with Gasteiger partial charge in [-0.2, -0.15) is 0 Å². The molecule has 0 bridgehead atoms. The van der Waals surface area contributed by atoms with Crippen molar-refractivity contribution in [1.29, 1.82) is 0 Å². The average molecular weight is 287 g/mol. The zero-order valence-electron chi connectivity index (χ0n) is 12.3. The number of nitrogens with one attached hydrogen (secondary N) is 1. The van der Waals surface area contributed by atoms with Gasteiger partial charge in [0.2, 0.25) is 11.8 Å². The van der Waals surface area contributed by atoms with Crippen LogP contribution in [0.2, 0.25) is 0 Å². The molecule has 116 valence electrons. The van der Waals surface area contributed by atoms with Crippen LogP contribution in [-0.4, -0.2) is 68.8 Å². The van der Waals surface area contributed by atoms with Crippen molar-refractivity contribution in [2.45, 2.75) is 31.8 Å². The first-order chi connectivity index (χ1) is 9.61. The standard InChI is InChI=1S/C13H25N3O4/c1-3-5-15-12(17)11-9-20-8-6-16(11)13(18)10(14)4-7-19-2/h10-11H,3-9,14H2,1-2H3,(H,15,17). The SMILES string of the molecule is CCCNC(=O)C1COCCN1C(=O)C(N)CCOC. The molecule has 1 saturated heterocycles. The Hall–Kier alpha value is -1.18. The fourth-order valence-electron chi connectivity index (χ4n) is 2.03. The Morgan fingerprint density at radius 3 is 2.95 bits per heavy atom. The van der Waals surface area contributed by atoms with Gasteiger partial charge in [-0.25, -0.2) is 0 Å². The minimum atomic E-state index is -0.644. The lowest BCUT2D eigenvalue weighted by molar-refractivity contribution is -0.149. The van der Waals surface area contributed by atoms with Gasteiger partial charge in [-0.05, 0) is 12.8 Å². The average Bonchev–Trinajstić information content (AvgIpc) is 2.49. The molecule has 3 N–H and O–H groups in total. The largest absolute Gasteiger partial charge is 0.385 e. The van der Waals surface area contributed by atoms with E-state index in [4.69, 9.17) is 15.2 Å². The van der Waals surface area contributed by atoms with Crippen LogP contribution >= 0.6 is 0 Å². The second-order valence-electron chi connectivity index (χ2n) is 4.80. The van der Waals surface area contributed by atoms with E-state index in [-0.39, 0.29) is 18.4 Å². The molecule has 7 heteroatoms. The highest BCUT2D eigenvalue weighted by atomic mass is 16.5. The summed E-state index contributed by atoms with van der Waals surface area (Å²) in [6.45, 7) is 4.03. The van der Waals surface area contributed by atoms with Gasteiger partial charge in [-0.1, -0.05) is 6.92 Å². The van der Waals surface area contributed by atoms with Crippen LogP contribution in [0.15, 0.2) is 0 Å². The molecule has 2 unspecified atom stereocenters. The van der Waals surface area contributed by atoms with Crippen LogP contribution in [0.5, 0.6) is 0 Å². The monoisotopic (exact) mass is 287 g/mol. The number of hydrogen-bond donors (Lipinski definition) is 2. The van der Waals surface area contributed by atoms with Gasteiger partial charge in [-0.3, -0.25) is 9.59 Å². The quantitative estimate of drug-likeness (QED) is 0.633. The minimum Gasteiger partial charge on any atom is -0.385 e. The molecule has 1 rings (SSSR count). The van der Waals surface area contributed by atoms with Crippen molar-refractivity contribution in [3.8, 4) is 0 Å². The third-order valence-corrected chi connectivity index (χ3v) is 3.21. The fourth-order valence-corrected chi connectivity index (χ4v) is 2.03. The molecule has 0 aromatic rings. The lowest BCUT2D eigenvalue weighted by Gasteiger charge is -2.36. The van der Waals surface area contributed by atoms with E-state index >= 15 is 0 Å². The third kappa shape index (κ3) is 4.73. The van der Waals surface area contributed by atoms with E-state index in [1.165, 1.54) is 4.90 Å². The number of methoxy groups -OCH3 is 1. The number of nitrogens with zero attached hydrogens (tertiary/aromatic N) is 1. The number of hydrogen-bond acceptors (Lipinski definition) is 5. The Kier molecular flexibility index (Phi) is 7.50. The van der Waals surface area contributed by atoms with E-state index in [1.54, 1.807) is 7.11 Å². The summed E-state index contributed by atoms with van der Waals surface area (Å²) in [5.74, 6) is -0.402. The van der Waals surface area contributed by atoms with Crippen molar-refractivity contribution >= 4 is 11.8 Å². The Bertz CT molecular complexity index is 325. The van der Waals surface area contributed by atoms with E-state index in [9.17, 15) is 9.59 Å². The predicted molar refractivity (Wildman–Crippen MR) is 74.1 cm³/mol. The zero-order chi connectivity index (χ0) is 15.0. The summed E-state index contributed by atoms with van der Waals surface area (Å²) in [7, 11) is 1.56. The maximum Gasteiger partial charge on any atom is 0.245 e. The predicted octanol–water partition coefficient (Wildman–Crippen LogP) is -0.896. The first kappa shape index (κ1) is 16.9. The molecule has 0 aromatic heterocycles. The van der Waals surface area contributed by atoms with E-state index in [0.29, 0.717) is 32.7 Å². The first-order valence-electron chi connectivity index (χ1n) is 7.02. The normalized spacial score (nSPS) is 20.6. The molecule has 7 nitrogen and oxygen atoms in total. The van der Waals surface area contributed by atoms with Crippen LogP contribution in [0.3, 0.4) is 0 Å². The summed E-state index contributed by atoms with van der Waals surface area (Å²) in [5.41, 5.74) is 5.85. The third-order valence-electron chi connectivity index (χ3n) is 3.21. The van der Waals surface area contributed by atoms with Crippen molar-refractivity contribution in [2.75, 3.05) is 40.0 Å². The number of rotatable bonds is 7. The van der Waals surface area contributed by atoms with Gasteiger partial charge < -0.3 is 25.4 Å². The number of carbonyl (C=O) groups is 2. The van der Waals surface area contributed by atoms with Gasteiger partial charge in [0.05, 0.1) is 19.3 Å². The smallest absolute Gasteiger partial charge is 0.245 e. The number of nitrogens with two attached hydrogens (primary N) is 1. The van der Waals surface area contributed by atoms with Gasteiger partial charge in [0.1, 0.15) is 6.04 Å². The van der Waals surface area contributed by atoms with E-state index in [2.05, 4.69) is 5.32 Å². The van der Waals surface area contributed by atoms with Gasteiger partial charge in [0, 0.05) is 26.8 Å². The highest BCUT2D eigenvalue weighted by Gasteiger charge is 2.34. The molecule has 0 radical (unpaired) electrons. The first-order valence-corrected chi connectivity index (χ1v) is 7.02. The molecular formula is C13H25N3O4. The van der Waals surface area contributed by atoms with Crippen LogP contribution in [0.1, 0.15) is 19.8 Å². The van der Waals surface area contributed by atoms with Gasteiger partial charge in [-0.15, -0.1) is 0 Å². The second kappa shape index (κ2) is 8.89. The second-order valence-corrected chi connectivity index (χ2v) is 4.80. The van der Waals surface area contributed by atoms with Crippen LogP contribution in [0.4, 0.5) is 0 Å². The molecule has 1 fully saturated rings. The molecule has 0 saturated carbocycles. The summed E-state index contributed by atoms with van der Waals surface area (Å²) >= 11 is 0. The topological polar surface area (TPSA) is 93.9 Å². The summed E-state index contributed by atoms with van der Waals surface area (Å²) in [6, 6.07) is -1.23. The molecule has 2 amide bonds. The Morgan fingerprint density at radius 1 is 1.55 bits per heavy atom. The molecule has 0 aromatic carbocycles. The number of morpholine rings is 1. The van der Waals surface area contributed by atoms with Gasteiger partial charge in [0.25, 0.3) is 0 Å². The molecule has 0 aliphatic carbocycles. The van der Waals surface area contributed by atoms with E-state index in [0.717, 1.165) is 6.42 Å². The summed E-state index contributed by atoms with van der Waals surface area (Å²) in [5, 5.41) is 2.79. The Labute approximate surface area is 119 Å². The van der Waals surface area contributed by atoms with Gasteiger partial charge in [0.15, 0.2) is 0 Å². The zero-order valence-corrected chi connectivity index (χ0v) is 12.3. The molecule has 0 spiro atoms. The van der Waals surface area contributed by atoms with E-state index < -0.39 is 12.1 Å². The highest BCUT2D eigenvalue weighted by Crippen LogP contribution is 2.10. The number of ether oxygens (including phenoxy) is 2. The van der Waals surface area contributed by atoms with Crippen LogP contribution < -0.4 is 11.1 Å². The molecule has 1 heterocycles. The van der Waals surface area contributed by atoms with Crippen LogP contribution in [0.25, 0.3) is 0 Å². The van der Waals surface area contributed by atoms with Crippen LogP contribution in [0, 0.1) is 0 Å². The molecule has 1 aliphatic heterocycles. The van der Waals surface area contributed by atoms with Crippen LogP contribution in [-0.2, 0) is 19.1 Å². The number of carbonyl (C=O) groups excluding carboxylic acids is 2. The van der Waals surface area contributed by atoms with Crippen molar-refractivity contribution in [2.24, 2.45) is 5.73 Å². The summed E-state index contributed by atoms with van der Waals surface area (Å²) in [6.07, 6.45) is 1.29. The lowest BCUT2D eigenvalue weighted by atomic mass is 10.1. The van der Waals surface area contributed by atoms with Crippen molar-refractivity contribution < 1.29 is 19.1 Å². The molecular weight excluding hydrogens is 262 g/mol. The van der Waals surface area contributed by atoms with Crippen molar-refractivity contribution in [3.05, 3.63) is 0 Å². The fraction of sp³-hybridized carbons (Fsp3) is 0.846. The van der Waals surface area contributed by atoms with Crippen molar-refractivity contribution in [1.82, 2.24) is 10.2 Å².